The second-order valence-corrected chi connectivity index (χ2v) is 20.4. The van der Waals surface area contributed by atoms with Gasteiger partial charge in [-0.1, -0.05) is 61.8 Å². The standard InChI is InChI=1S/C50H60N10O4S/c1-49(51)19-22-58(23-20-49)43-29-53-46(30-52-43)65-40-11-9-10-38(25-40)55-44(61)12-7-5-3-2-4-6-8-21-57-33-50(34-57)26-39(27-50)60-31-36(28-54-60)14-13-35-15-16-41-37(24-35)32-59(48(41)64)42-17-18-45(62)56-47(42)63/h9-11,15-16,24-25,28-31,39,42H,2-8,12,17-23,26-27,32-34,51H2,1H3,(H,55,61)(H,56,62,63). The molecular formula is C50H60N10O4S. The van der Waals surface area contributed by atoms with Crippen LogP contribution >= 0.6 is 11.8 Å². The van der Waals surface area contributed by atoms with E-state index in [-0.39, 0.29) is 29.7 Å². The van der Waals surface area contributed by atoms with Gasteiger partial charge in [-0.2, -0.15) is 5.10 Å². The third-order valence-electron chi connectivity index (χ3n) is 13.9. The molecule has 1 saturated carbocycles. The number of anilines is 2. The predicted molar refractivity (Wildman–Crippen MR) is 250 cm³/mol. The van der Waals surface area contributed by atoms with E-state index >= 15 is 0 Å². The summed E-state index contributed by atoms with van der Waals surface area (Å²) in [6.45, 7) is 7.77. The highest BCUT2D eigenvalue weighted by Gasteiger charge is 2.52. The SMILES string of the molecule is CC1(N)CCN(c2cnc(Sc3cccc(NC(=O)CCCCCCCCCN4CC5(CC(n6cc(C#Cc7ccc8c(c7)CN(C7CCC(=O)NC7=O)C8=O)cn6)C5)C4)c3)cn2)CC1. The number of amides is 4. The molecule has 6 heterocycles. The van der Waals surface area contributed by atoms with E-state index in [0.29, 0.717) is 36.4 Å². The van der Waals surface area contributed by atoms with Crippen molar-refractivity contribution in [3.63, 3.8) is 0 Å². The van der Waals surface area contributed by atoms with Crippen LogP contribution in [0.3, 0.4) is 0 Å². The number of likely N-dealkylation sites (tertiary alicyclic amines) is 1. The van der Waals surface area contributed by atoms with Gasteiger partial charge in [0.05, 0.1) is 30.2 Å². The first kappa shape index (κ1) is 44.6. The summed E-state index contributed by atoms with van der Waals surface area (Å²) in [5.41, 5.74) is 10.5. The minimum absolute atomic E-state index is 0.0626. The van der Waals surface area contributed by atoms with E-state index in [4.69, 9.17) is 5.73 Å². The molecule has 2 aromatic heterocycles. The molecule has 9 rings (SSSR count). The first-order valence-electron chi connectivity index (χ1n) is 23.5. The molecular weight excluding hydrogens is 837 g/mol. The Kier molecular flexibility index (Phi) is 13.4. The molecule has 4 N–H and O–H groups in total. The Bertz CT molecular complexity index is 2450. The van der Waals surface area contributed by atoms with Gasteiger partial charge in [0.25, 0.3) is 5.91 Å². The van der Waals surface area contributed by atoms with Crippen LogP contribution in [-0.4, -0.2) is 97.5 Å². The van der Waals surface area contributed by atoms with Gasteiger partial charge < -0.3 is 25.8 Å². The molecule has 0 radical (unpaired) electrons. The Hall–Kier alpha value is -5.56. The van der Waals surface area contributed by atoms with Gasteiger partial charge in [-0.15, -0.1) is 0 Å². The second kappa shape index (κ2) is 19.5. The molecule has 0 bridgehead atoms. The third kappa shape index (κ3) is 10.9. The molecule has 3 saturated heterocycles. The number of fused-ring (bicyclic) bond motifs is 1. The van der Waals surface area contributed by atoms with Gasteiger partial charge in [0, 0.05) is 79.0 Å². The van der Waals surface area contributed by atoms with Crippen molar-refractivity contribution in [2.24, 2.45) is 11.1 Å². The van der Waals surface area contributed by atoms with Crippen LogP contribution in [0, 0.1) is 17.3 Å². The molecule has 4 aromatic rings. The molecule has 1 aliphatic carbocycles. The third-order valence-corrected chi connectivity index (χ3v) is 14.8. The zero-order valence-electron chi connectivity index (χ0n) is 37.4. The lowest BCUT2D eigenvalue weighted by atomic mass is 9.60. The summed E-state index contributed by atoms with van der Waals surface area (Å²) in [5, 5.41) is 10.9. The van der Waals surface area contributed by atoms with Crippen molar-refractivity contribution >= 4 is 46.9 Å². The number of carbonyl (C=O) groups is 4. The summed E-state index contributed by atoms with van der Waals surface area (Å²) in [4.78, 5) is 66.4. The van der Waals surface area contributed by atoms with Crippen molar-refractivity contribution in [2.45, 2.75) is 131 Å². The fourth-order valence-electron chi connectivity index (χ4n) is 10.1. The number of nitrogens with two attached hydrogens (primary N) is 1. The molecule has 1 spiro atoms. The first-order valence-corrected chi connectivity index (χ1v) is 24.3. The Balaban J connectivity index is 0.604. The normalized spacial score (nSPS) is 20.2. The zero-order chi connectivity index (χ0) is 45.0. The van der Waals surface area contributed by atoms with E-state index in [0.717, 1.165) is 89.7 Å². The zero-order valence-corrected chi connectivity index (χ0v) is 38.2. The number of hydrogen-bond donors (Lipinski definition) is 3. The molecule has 340 valence electrons. The number of unbranched alkanes of at least 4 members (excludes halogenated alkanes) is 6. The Morgan fingerprint density at radius 1 is 0.923 bits per heavy atom. The van der Waals surface area contributed by atoms with E-state index in [2.05, 4.69) is 58.9 Å². The van der Waals surface area contributed by atoms with E-state index in [9.17, 15) is 19.2 Å². The number of aromatic nitrogens is 4. The maximum Gasteiger partial charge on any atom is 0.255 e. The summed E-state index contributed by atoms with van der Waals surface area (Å²) in [6, 6.07) is 13.3. The second-order valence-electron chi connectivity index (χ2n) is 19.3. The van der Waals surface area contributed by atoms with Gasteiger partial charge in [0.2, 0.25) is 17.7 Å². The average Bonchev–Trinajstić information content (AvgIpc) is 3.86. The summed E-state index contributed by atoms with van der Waals surface area (Å²) < 4.78 is 2.08. The fourth-order valence-corrected chi connectivity index (χ4v) is 10.9. The van der Waals surface area contributed by atoms with Crippen LogP contribution in [0.25, 0.3) is 0 Å². The molecule has 5 aliphatic rings. The molecule has 15 heteroatoms. The van der Waals surface area contributed by atoms with Gasteiger partial charge in [-0.3, -0.25) is 29.2 Å². The maximum absolute atomic E-state index is 13.0. The minimum Gasteiger partial charge on any atom is -0.355 e. The van der Waals surface area contributed by atoms with Crippen LogP contribution in [0.15, 0.2) is 77.2 Å². The van der Waals surface area contributed by atoms with Crippen molar-refractivity contribution in [1.82, 2.24) is 34.9 Å². The quantitative estimate of drug-likeness (QED) is 0.0621. The minimum atomic E-state index is -0.626. The van der Waals surface area contributed by atoms with E-state index in [1.807, 2.05) is 61.2 Å². The number of imide groups is 1. The lowest BCUT2D eigenvalue weighted by Gasteiger charge is -2.59. The van der Waals surface area contributed by atoms with Gasteiger partial charge in [-0.25, -0.2) is 9.97 Å². The molecule has 65 heavy (non-hydrogen) atoms. The average molecular weight is 897 g/mol. The number of benzene rings is 2. The Labute approximate surface area is 385 Å². The van der Waals surface area contributed by atoms with Crippen LogP contribution in [0.2, 0.25) is 0 Å². The first-order chi connectivity index (χ1) is 31.5. The van der Waals surface area contributed by atoms with Crippen molar-refractivity contribution < 1.29 is 19.2 Å². The smallest absolute Gasteiger partial charge is 0.255 e. The largest absolute Gasteiger partial charge is 0.355 e. The van der Waals surface area contributed by atoms with Gasteiger partial charge in [0.1, 0.15) is 16.9 Å². The van der Waals surface area contributed by atoms with Crippen molar-refractivity contribution in [1.29, 1.82) is 0 Å². The molecule has 2 aromatic carbocycles. The number of piperidine rings is 2. The van der Waals surface area contributed by atoms with Crippen LogP contribution in [-0.2, 0) is 20.9 Å². The van der Waals surface area contributed by atoms with Crippen molar-refractivity contribution in [3.8, 4) is 11.8 Å². The molecule has 1 atom stereocenters. The summed E-state index contributed by atoms with van der Waals surface area (Å²) in [7, 11) is 0. The molecule has 4 aliphatic heterocycles. The molecule has 4 fully saturated rings. The molecule has 14 nitrogen and oxygen atoms in total. The van der Waals surface area contributed by atoms with Gasteiger partial charge in [-0.05, 0) is 106 Å². The number of hydrogen-bond acceptors (Lipinski definition) is 11. The Morgan fingerprint density at radius 3 is 2.46 bits per heavy atom. The maximum atomic E-state index is 13.0. The lowest BCUT2D eigenvalue weighted by Crippen LogP contribution is -2.62. The van der Waals surface area contributed by atoms with Crippen LogP contribution < -0.4 is 21.3 Å². The monoisotopic (exact) mass is 896 g/mol. The summed E-state index contributed by atoms with van der Waals surface area (Å²) >= 11 is 1.54. The highest BCUT2D eigenvalue weighted by atomic mass is 32.2. The fraction of sp³-hybridized carbons (Fsp3) is 0.500. The lowest BCUT2D eigenvalue weighted by molar-refractivity contribution is -0.137. The van der Waals surface area contributed by atoms with Gasteiger partial charge in [0.15, 0.2) is 0 Å². The van der Waals surface area contributed by atoms with Crippen LogP contribution in [0.1, 0.15) is 130 Å². The van der Waals surface area contributed by atoms with Crippen LogP contribution in [0.4, 0.5) is 11.5 Å². The van der Waals surface area contributed by atoms with Crippen LogP contribution in [0.5, 0.6) is 0 Å². The summed E-state index contributed by atoms with van der Waals surface area (Å²) in [6.07, 6.45) is 21.0. The predicted octanol–water partition coefficient (Wildman–Crippen LogP) is 6.70. The highest BCUT2D eigenvalue weighted by Crippen LogP contribution is 2.54. The summed E-state index contributed by atoms with van der Waals surface area (Å²) in [5.74, 6) is 6.54. The van der Waals surface area contributed by atoms with Crippen molar-refractivity contribution in [3.05, 3.63) is 89.5 Å². The molecule has 4 amide bonds. The highest BCUT2D eigenvalue weighted by molar-refractivity contribution is 7.99. The number of nitrogens with one attached hydrogen (secondary N) is 2. The van der Waals surface area contributed by atoms with E-state index < -0.39 is 11.9 Å². The Morgan fingerprint density at radius 2 is 1.69 bits per heavy atom. The van der Waals surface area contributed by atoms with E-state index in [1.165, 1.54) is 51.7 Å². The topological polar surface area (TPSA) is 172 Å². The van der Waals surface area contributed by atoms with Gasteiger partial charge >= 0.3 is 0 Å². The van der Waals surface area contributed by atoms with Crippen molar-refractivity contribution in [2.75, 3.05) is 42.9 Å². The van der Waals surface area contributed by atoms with E-state index in [1.54, 1.807) is 22.7 Å². The number of nitrogens with zero attached hydrogens (tertiary/aromatic N) is 7. The number of carbonyl (C=O) groups excluding carboxylic acids is 4. The molecule has 1 unspecified atom stereocenters. The number of rotatable bonds is 16.